The lowest BCUT2D eigenvalue weighted by atomic mass is 10.2. The Morgan fingerprint density at radius 1 is 1.03 bits per heavy atom. The average Bonchev–Trinajstić information content (AvgIpc) is 2.71. The third-order valence-corrected chi connectivity index (χ3v) is 6.65. The Morgan fingerprint density at radius 3 is 2.30 bits per heavy atom. The summed E-state index contributed by atoms with van der Waals surface area (Å²) in [6, 6.07) is 13.7. The van der Waals surface area contributed by atoms with Crippen LogP contribution < -0.4 is 4.74 Å². The van der Waals surface area contributed by atoms with E-state index < -0.39 is 19.4 Å². The van der Waals surface area contributed by atoms with Crippen molar-refractivity contribution in [1.29, 1.82) is 0 Å². The van der Waals surface area contributed by atoms with E-state index in [0.29, 0.717) is 27.8 Å². The van der Waals surface area contributed by atoms with E-state index in [0.717, 1.165) is 0 Å². The van der Waals surface area contributed by atoms with Crippen molar-refractivity contribution < 1.29 is 27.9 Å². The van der Waals surface area contributed by atoms with Crippen LogP contribution in [0, 0.1) is 0 Å². The molecule has 30 heavy (non-hydrogen) atoms. The Morgan fingerprint density at radius 2 is 1.70 bits per heavy atom. The smallest absolute Gasteiger partial charge is 0.375 e. The Hall–Kier alpha value is -1.56. The standard InChI is InChI=1S/C21H25Cl2O6P/c1-3-27-30(25,28-4-2)21(16-9-6-5-7-10-16)29-20(24)11-8-14-26-19-13-12-17(22)15-18(19)23/h5-7,9-10,12-13,15,21H,3-4,8,11,14H2,1-2H3. The average molecular weight is 475 g/mol. The third kappa shape index (κ3) is 7.29. The molecule has 2 aromatic carbocycles. The molecule has 1 atom stereocenters. The van der Waals surface area contributed by atoms with Crippen LogP contribution in [0.15, 0.2) is 48.5 Å². The minimum atomic E-state index is -3.71. The van der Waals surface area contributed by atoms with Gasteiger partial charge in [-0.3, -0.25) is 9.36 Å². The summed E-state index contributed by atoms with van der Waals surface area (Å²) in [7, 11) is -3.71. The van der Waals surface area contributed by atoms with Crippen LogP contribution in [0.4, 0.5) is 0 Å². The summed E-state index contributed by atoms with van der Waals surface area (Å²) in [5.74, 6) is -1.19. The van der Waals surface area contributed by atoms with Crippen LogP contribution in [-0.2, 0) is 23.1 Å². The molecular weight excluding hydrogens is 450 g/mol. The summed E-state index contributed by atoms with van der Waals surface area (Å²) in [4.78, 5) is 12.5. The van der Waals surface area contributed by atoms with Crippen molar-refractivity contribution >= 4 is 36.8 Å². The summed E-state index contributed by atoms with van der Waals surface area (Å²) < 4.78 is 35.2. The molecule has 0 aliphatic rings. The second-order valence-electron chi connectivity index (χ2n) is 6.16. The van der Waals surface area contributed by atoms with E-state index in [1.165, 1.54) is 0 Å². The van der Waals surface area contributed by atoms with Gasteiger partial charge < -0.3 is 18.5 Å². The second-order valence-corrected chi connectivity index (χ2v) is 9.06. The fourth-order valence-corrected chi connectivity index (χ4v) is 4.95. The zero-order chi connectivity index (χ0) is 22.0. The van der Waals surface area contributed by atoms with Gasteiger partial charge in [0.15, 0.2) is 0 Å². The molecule has 2 aromatic rings. The molecule has 0 fully saturated rings. The maximum atomic E-state index is 13.3. The van der Waals surface area contributed by atoms with Crippen LogP contribution in [0.3, 0.4) is 0 Å². The van der Waals surface area contributed by atoms with Crippen LogP contribution in [0.25, 0.3) is 0 Å². The number of carbonyl (C=O) groups excluding carboxylic acids is 1. The Labute approximate surface area is 186 Å². The highest BCUT2D eigenvalue weighted by Crippen LogP contribution is 2.61. The van der Waals surface area contributed by atoms with Gasteiger partial charge in [0.05, 0.1) is 24.8 Å². The van der Waals surface area contributed by atoms with Crippen LogP contribution in [0.2, 0.25) is 10.0 Å². The molecule has 0 bridgehead atoms. The number of hydrogen-bond donors (Lipinski definition) is 0. The number of carbonyl (C=O) groups is 1. The lowest BCUT2D eigenvalue weighted by Gasteiger charge is -2.26. The first-order valence-electron chi connectivity index (χ1n) is 9.60. The second kappa shape index (κ2) is 12.3. The van der Waals surface area contributed by atoms with Gasteiger partial charge in [0.2, 0.25) is 5.85 Å². The van der Waals surface area contributed by atoms with Crippen LogP contribution in [-0.4, -0.2) is 25.8 Å². The fourth-order valence-electron chi connectivity index (χ4n) is 2.64. The van der Waals surface area contributed by atoms with Gasteiger partial charge in [0.25, 0.3) is 0 Å². The highest BCUT2D eigenvalue weighted by Gasteiger charge is 2.40. The summed E-state index contributed by atoms with van der Waals surface area (Å²) in [6.07, 6.45) is 0.444. The first kappa shape index (κ1) is 24.7. The van der Waals surface area contributed by atoms with E-state index in [9.17, 15) is 9.36 Å². The summed E-state index contributed by atoms with van der Waals surface area (Å²) >= 11 is 11.9. The third-order valence-electron chi connectivity index (χ3n) is 3.91. The minimum absolute atomic E-state index is 0.0623. The molecule has 0 saturated carbocycles. The van der Waals surface area contributed by atoms with E-state index in [4.69, 9.17) is 41.7 Å². The minimum Gasteiger partial charge on any atom is -0.492 e. The normalized spacial score (nSPS) is 12.4. The maximum Gasteiger partial charge on any atom is 0.375 e. The number of halogens is 2. The molecule has 0 radical (unpaired) electrons. The highest BCUT2D eigenvalue weighted by molar-refractivity contribution is 7.54. The van der Waals surface area contributed by atoms with Crippen molar-refractivity contribution in [2.75, 3.05) is 19.8 Å². The summed E-state index contributed by atoms with van der Waals surface area (Å²) in [5, 5.41) is 0.902. The van der Waals surface area contributed by atoms with Crippen molar-refractivity contribution in [2.24, 2.45) is 0 Å². The van der Waals surface area contributed by atoms with Crippen molar-refractivity contribution in [3.63, 3.8) is 0 Å². The molecule has 0 saturated heterocycles. The molecule has 2 rings (SSSR count). The van der Waals surface area contributed by atoms with Gasteiger partial charge in [-0.25, -0.2) is 0 Å². The molecule has 0 amide bonds. The van der Waals surface area contributed by atoms with Gasteiger partial charge in [-0.05, 0) is 38.5 Å². The lowest BCUT2D eigenvalue weighted by Crippen LogP contribution is -2.15. The number of rotatable bonds is 12. The van der Waals surface area contributed by atoms with Gasteiger partial charge in [-0.2, -0.15) is 0 Å². The molecule has 0 aliphatic heterocycles. The zero-order valence-corrected chi connectivity index (χ0v) is 19.3. The largest absolute Gasteiger partial charge is 0.492 e. The summed E-state index contributed by atoms with van der Waals surface area (Å²) in [5.41, 5.74) is 0.542. The van der Waals surface area contributed by atoms with Crippen LogP contribution >= 0.6 is 30.8 Å². The number of benzene rings is 2. The lowest BCUT2D eigenvalue weighted by molar-refractivity contribution is -0.147. The van der Waals surface area contributed by atoms with Gasteiger partial charge in [-0.1, -0.05) is 53.5 Å². The number of esters is 1. The molecule has 1 unspecified atom stereocenters. The number of hydrogen-bond acceptors (Lipinski definition) is 6. The predicted octanol–water partition coefficient (Wildman–Crippen LogP) is 6.66. The van der Waals surface area contributed by atoms with Gasteiger partial charge in [-0.15, -0.1) is 0 Å². The van der Waals surface area contributed by atoms with E-state index in [2.05, 4.69) is 0 Å². The molecule has 0 spiro atoms. The maximum absolute atomic E-state index is 13.3. The van der Waals surface area contributed by atoms with E-state index in [-0.39, 0.29) is 26.2 Å². The quantitative estimate of drug-likeness (QED) is 0.194. The van der Waals surface area contributed by atoms with Crippen molar-refractivity contribution in [2.45, 2.75) is 32.5 Å². The molecule has 9 heteroatoms. The Balaban J connectivity index is 1.99. The zero-order valence-electron chi connectivity index (χ0n) is 16.9. The Kier molecular flexibility index (Phi) is 10.2. The summed E-state index contributed by atoms with van der Waals surface area (Å²) in [6.45, 7) is 3.98. The van der Waals surface area contributed by atoms with Crippen LogP contribution in [0.5, 0.6) is 5.75 Å². The number of ether oxygens (including phenoxy) is 2. The molecular formula is C21H25Cl2O6P. The molecule has 0 aromatic heterocycles. The topological polar surface area (TPSA) is 71.1 Å². The molecule has 0 N–H and O–H groups in total. The SMILES string of the molecule is CCOP(=O)(OCC)C(OC(=O)CCCOc1ccc(Cl)cc1Cl)c1ccccc1. The molecule has 0 aliphatic carbocycles. The Bertz CT molecular complexity index is 852. The van der Waals surface area contributed by atoms with Crippen molar-refractivity contribution in [1.82, 2.24) is 0 Å². The molecule has 164 valence electrons. The molecule has 0 heterocycles. The fraction of sp³-hybridized carbons (Fsp3) is 0.381. The van der Waals surface area contributed by atoms with E-state index >= 15 is 0 Å². The van der Waals surface area contributed by atoms with Crippen molar-refractivity contribution in [3.8, 4) is 5.75 Å². The van der Waals surface area contributed by atoms with Gasteiger partial charge in [0.1, 0.15) is 5.75 Å². The van der Waals surface area contributed by atoms with Gasteiger partial charge >= 0.3 is 13.6 Å². The first-order chi connectivity index (χ1) is 14.4. The highest BCUT2D eigenvalue weighted by atomic mass is 35.5. The first-order valence-corrected chi connectivity index (χ1v) is 12.0. The van der Waals surface area contributed by atoms with Gasteiger partial charge in [0, 0.05) is 17.0 Å². The predicted molar refractivity (Wildman–Crippen MR) is 117 cm³/mol. The van der Waals surface area contributed by atoms with E-state index in [1.807, 2.05) is 6.07 Å². The monoisotopic (exact) mass is 474 g/mol. The van der Waals surface area contributed by atoms with Crippen molar-refractivity contribution in [3.05, 3.63) is 64.1 Å². The van der Waals surface area contributed by atoms with E-state index in [1.54, 1.807) is 56.3 Å². The van der Waals surface area contributed by atoms with Crippen LogP contribution in [0.1, 0.15) is 38.1 Å². The molecule has 6 nitrogen and oxygen atoms in total.